The van der Waals surface area contributed by atoms with Crippen LogP contribution in [-0.4, -0.2) is 12.7 Å². The van der Waals surface area contributed by atoms with E-state index in [1.807, 2.05) is 6.92 Å². The minimum atomic E-state index is -4.22. The predicted octanol–water partition coefficient (Wildman–Crippen LogP) is 3.04. The van der Waals surface area contributed by atoms with E-state index in [2.05, 4.69) is 0 Å². The molecular formula is C11H16F3N. The highest BCUT2D eigenvalue weighted by Crippen LogP contribution is 2.34. The Morgan fingerprint density at radius 3 is 2.53 bits per heavy atom. The third-order valence-electron chi connectivity index (χ3n) is 2.71. The molecule has 1 aliphatic rings. The monoisotopic (exact) mass is 219 g/mol. The summed E-state index contributed by atoms with van der Waals surface area (Å²) in [5, 5.41) is 0. The maximum absolute atomic E-state index is 12.4. The fourth-order valence-corrected chi connectivity index (χ4v) is 1.77. The molecule has 1 aliphatic carbocycles. The van der Waals surface area contributed by atoms with Gasteiger partial charge in [-0.1, -0.05) is 25.2 Å². The molecule has 1 rings (SSSR count). The molecule has 0 aliphatic heterocycles. The Morgan fingerprint density at radius 2 is 2.07 bits per heavy atom. The van der Waals surface area contributed by atoms with Crippen molar-refractivity contribution in [2.45, 2.75) is 25.9 Å². The average molecular weight is 219 g/mol. The van der Waals surface area contributed by atoms with Crippen LogP contribution >= 0.6 is 0 Å². The topological polar surface area (TPSA) is 26.0 Å². The molecule has 0 saturated heterocycles. The lowest BCUT2D eigenvalue weighted by atomic mass is 9.84. The highest BCUT2D eigenvalue weighted by atomic mass is 19.4. The molecule has 0 aromatic carbocycles. The standard InChI is InChI=1S/C11H16F3N/c1-8-7-10(11(12,13)14)5-4-9(8)3-2-6-15/h4-5,7-9H,2-3,6,15H2,1H3. The number of hydrogen-bond donors (Lipinski definition) is 1. The van der Waals surface area contributed by atoms with Crippen molar-refractivity contribution in [1.82, 2.24) is 0 Å². The fourth-order valence-electron chi connectivity index (χ4n) is 1.77. The van der Waals surface area contributed by atoms with Crippen LogP contribution in [-0.2, 0) is 0 Å². The van der Waals surface area contributed by atoms with Crippen LogP contribution in [0, 0.1) is 11.8 Å². The van der Waals surface area contributed by atoms with Gasteiger partial charge in [0.2, 0.25) is 0 Å². The van der Waals surface area contributed by atoms with Crippen LogP contribution < -0.4 is 5.73 Å². The Labute approximate surface area is 87.8 Å². The molecule has 4 heteroatoms. The summed E-state index contributed by atoms with van der Waals surface area (Å²) in [6, 6.07) is 0. The van der Waals surface area contributed by atoms with Crippen molar-refractivity contribution >= 4 is 0 Å². The van der Waals surface area contributed by atoms with Gasteiger partial charge in [0.25, 0.3) is 0 Å². The Hall–Kier alpha value is -0.770. The largest absolute Gasteiger partial charge is 0.416 e. The lowest BCUT2D eigenvalue weighted by Crippen LogP contribution is -2.18. The second-order valence-electron chi connectivity index (χ2n) is 3.93. The second kappa shape index (κ2) is 4.84. The third kappa shape index (κ3) is 3.38. The molecule has 0 fully saturated rings. The Kier molecular flexibility index (Phi) is 3.97. The van der Waals surface area contributed by atoms with E-state index in [-0.39, 0.29) is 11.8 Å². The van der Waals surface area contributed by atoms with Gasteiger partial charge >= 0.3 is 6.18 Å². The molecule has 0 aromatic rings. The zero-order chi connectivity index (χ0) is 11.5. The van der Waals surface area contributed by atoms with E-state index in [9.17, 15) is 13.2 Å². The smallest absolute Gasteiger partial charge is 0.330 e. The zero-order valence-corrected chi connectivity index (χ0v) is 8.72. The molecule has 0 bridgehead atoms. The summed E-state index contributed by atoms with van der Waals surface area (Å²) in [5.41, 5.74) is 4.84. The molecule has 0 aromatic heterocycles. The minimum absolute atomic E-state index is 0.0572. The van der Waals surface area contributed by atoms with Crippen molar-refractivity contribution in [2.24, 2.45) is 17.6 Å². The normalized spacial score (nSPS) is 26.6. The molecule has 2 unspecified atom stereocenters. The number of halogens is 3. The molecule has 86 valence electrons. The molecule has 0 amide bonds. The minimum Gasteiger partial charge on any atom is -0.330 e. The van der Waals surface area contributed by atoms with Gasteiger partial charge in [-0.05, 0) is 31.2 Å². The highest BCUT2D eigenvalue weighted by Gasteiger charge is 2.34. The van der Waals surface area contributed by atoms with E-state index >= 15 is 0 Å². The Balaban J connectivity index is 2.62. The predicted molar refractivity (Wildman–Crippen MR) is 54.2 cm³/mol. The summed E-state index contributed by atoms with van der Waals surface area (Å²) in [6.07, 6.45) is 1.64. The molecule has 0 heterocycles. The van der Waals surface area contributed by atoms with Crippen LogP contribution in [0.15, 0.2) is 23.8 Å². The fraction of sp³-hybridized carbons (Fsp3) is 0.636. The van der Waals surface area contributed by atoms with Crippen molar-refractivity contribution in [2.75, 3.05) is 6.54 Å². The summed E-state index contributed by atoms with van der Waals surface area (Å²) in [6.45, 7) is 2.41. The number of nitrogens with two attached hydrogens (primary N) is 1. The third-order valence-corrected chi connectivity index (χ3v) is 2.71. The van der Waals surface area contributed by atoms with Crippen LogP contribution in [0.2, 0.25) is 0 Å². The molecule has 2 N–H and O–H groups in total. The first-order valence-electron chi connectivity index (χ1n) is 5.12. The lowest BCUT2D eigenvalue weighted by molar-refractivity contribution is -0.0890. The molecule has 1 nitrogen and oxygen atoms in total. The maximum atomic E-state index is 12.4. The van der Waals surface area contributed by atoms with Gasteiger partial charge in [-0.25, -0.2) is 0 Å². The van der Waals surface area contributed by atoms with Crippen molar-refractivity contribution < 1.29 is 13.2 Å². The van der Waals surface area contributed by atoms with E-state index in [4.69, 9.17) is 5.73 Å². The first kappa shape index (κ1) is 12.3. The molecule has 0 radical (unpaired) electrons. The second-order valence-corrected chi connectivity index (χ2v) is 3.93. The average Bonchev–Trinajstić information content (AvgIpc) is 2.14. The van der Waals surface area contributed by atoms with E-state index < -0.39 is 11.7 Å². The van der Waals surface area contributed by atoms with Gasteiger partial charge in [-0.15, -0.1) is 0 Å². The Morgan fingerprint density at radius 1 is 1.40 bits per heavy atom. The number of alkyl halides is 3. The van der Waals surface area contributed by atoms with Crippen molar-refractivity contribution in [1.29, 1.82) is 0 Å². The SMILES string of the molecule is CC1C=C(C(F)(F)F)C=CC1CCCN. The van der Waals surface area contributed by atoms with Gasteiger partial charge in [0.05, 0.1) is 5.57 Å². The summed E-state index contributed by atoms with van der Waals surface area (Å²) in [4.78, 5) is 0. The van der Waals surface area contributed by atoms with Gasteiger partial charge < -0.3 is 5.73 Å². The van der Waals surface area contributed by atoms with Crippen LogP contribution in [0.1, 0.15) is 19.8 Å². The summed E-state index contributed by atoms with van der Waals surface area (Å²) < 4.78 is 37.1. The lowest BCUT2D eigenvalue weighted by Gasteiger charge is -2.23. The highest BCUT2D eigenvalue weighted by molar-refractivity contribution is 5.29. The Bertz CT molecular complexity index is 265. The molecular weight excluding hydrogens is 203 g/mol. The number of hydrogen-bond acceptors (Lipinski definition) is 1. The molecule has 15 heavy (non-hydrogen) atoms. The maximum Gasteiger partial charge on any atom is 0.416 e. The van der Waals surface area contributed by atoms with Crippen molar-refractivity contribution in [3.63, 3.8) is 0 Å². The van der Waals surface area contributed by atoms with Gasteiger partial charge in [0.1, 0.15) is 0 Å². The van der Waals surface area contributed by atoms with E-state index in [0.717, 1.165) is 12.8 Å². The van der Waals surface area contributed by atoms with Gasteiger partial charge in [0, 0.05) is 0 Å². The first-order chi connectivity index (χ1) is 6.95. The van der Waals surface area contributed by atoms with E-state index in [1.165, 1.54) is 12.2 Å². The van der Waals surface area contributed by atoms with Crippen LogP contribution in [0.3, 0.4) is 0 Å². The van der Waals surface area contributed by atoms with Gasteiger partial charge in [0.15, 0.2) is 0 Å². The summed E-state index contributed by atoms with van der Waals surface area (Å²) in [7, 11) is 0. The summed E-state index contributed by atoms with van der Waals surface area (Å²) >= 11 is 0. The van der Waals surface area contributed by atoms with Crippen molar-refractivity contribution in [3.8, 4) is 0 Å². The zero-order valence-electron chi connectivity index (χ0n) is 8.72. The van der Waals surface area contributed by atoms with Crippen LogP contribution in [0.4, 0.5) is 13.2 Å². The number of rotatable bonds is 3. The van der Waals surface area contributed by atoms with E-state index in [0.29, 0.717) is 6.54 Å². The number of allylic oxidation sites excluding steroid dienone is 4. The quantitative estimate of drug-likeness (QED) is 0.775. The molecule has 0 spiro atoms. The van der Waals surface area contributed by atoms with Gasteiger partial charge in [-0.3, -0.25) is 0 Å². The van der Waals surface area contributed by atoms with Crippen LogP contribution in [0.5, 0.6) is 0 Å². The first-order valence-corrected chi connectivity index (χ1v) is 5.12. The van der Waals surface area contributed by atoms with Crippen molar-refractivity contribution in [3.05, 3.63) is 23.8 Å². The van der Waals surface area contributed by atoms with E-state index in [1.54, 1.807) is 6.08 Å². The summed E-state index contributed by atoms with van der Waals surface area (Å²) in [5.74, 6) is 0.137. The van der Waals surface area contributed by atoms with Gasteiger partial charge in [-0.2, -0.15) is 13.2 Å². The van der Waals surface area contributed by atoms with Crippen LogP contribution in [0.25, 0.3) is 0 Å². The molecule has 0 saturated carbocycles. The molecule has 2 atom stereocenters.